The van der Waals surface area contributed by atoms with Crippen LogP contribution in [0.1, 0.15) is 29.5 Å². The van der Waals surface area contributed by atoms with Crippen molar-refractivity contribution in [2.75, 3.05) is 13.1 Å². The summed E-state index contributed by atoms with van der Waals surface area (Å²) in [7, 11) is 0. The lowest BCUT2D eigenvalue weighted by Gasteiger charge is -2.32. The van der Waals surface area contributed by atoms with E-state index in [1.54, 1.807) is 18.2 Å². The molecule has 0 bridgehead atoms. The van der Waals surface area contributed by atoms with Crippen LogP contribution in [0.25, 0.3) is 0 Å². The van der Waals surface area contributed by atoms with Crippen molar-refractivity contribution in [3.05, 3.63) is 81.4 Å². The molecule has 2 aromatic rings. The molecular weight excluding hydrogens is 358 g/mol. The van der Waals surface area contributed by atoms with Gasteiger partial charge in [-0.15, -0.1) is 10.1 Å². The maximum absolute atomic E-state index is 12.4. The molecule has 0 aliphatic carbocycles. The predicted molar refractivity (Wildman–Crippen MR) is 105 cm³/mol. The molecule has 0 atom stereocenters. The highest BCUT2D eigenvalue weighted by Crippen LogP contribution is 2.14. The van der Waals surface area contributed by atoms with Crippen LogP contribution >= 0.6 is 0 Å². The van der Waals surface area contributed by atoms with E-state index in [2.05, 4.69) is 39.3 Å². The van der Waals surface area contributed by atoms with E-state index < -0.39 is 5.09 Å². The minimum absolute atomic E-state index is 0.0196. The van der Waals surface area contributed by atoms with Crippen LogP contribution in [0, 0.1) is 10.1 Å². The molecule has 1 saturated heterocycles. The van der Waals surface area contributed by atoms with Gasteiger partial charge in [0.25, 0.3) is 5.09 Å². The van der Waals surface area contributed by atoms with Crippen molar-refractivity contribution < 1.29 is 14.7 Å². The fourth-order valence-electron chi connectivity index (χ4n) is 3.50. The monoisotopic (exact) mass is 383 g/mol. The Morgan fingerprint density at radius 3 is 2.46 bits per heavy atom. The predicted octanol–water partition coefficient (Wildman–Crippen LogP) is 2.72. The third-order valence-electron chi connectivity index (χ3n) is 4.89. The first-order valence-corrected chi connectivity index (χ1v) is 9.49. The van der Waals surface area contributed by atoms with Crippen molar-refractivity contribution in [1.82, 2.24) is 10.2 Å². The normalized spacial score (nSPS) is 15.1. The average Bonchev–Trinajstić information content (AvgIpc) is 2.69. The summed E-state index contributed by atoms with van der Waals surface area (Å²) in [5.74, 6) is -0.0196. The number of likely N-dealkylation sites (tertiary alicyclic amines) is 1. The second-order valence-corrected chi connectivity index (χ2v) is 7.10. The lowest BCUT2D eigenvalue weighted by Crippen LogP contribution is -2.44. The zero-order valence-electron chi connectivity index (χ0n) is 15.8. The number of hydrogen-bond acceptors (Lipinski definition) is 5. The van der Waals surface area contributed by atoms with E-state index in [4.69, 9.17) is 0 Å². The van der Waals surface area contributed by atoms with Crippen LogP contribution < -0.4 is 5.32 Å². The smallest absolute Gasteiger partial charge is 0.294 e. The van der Waals surface area contributed by atoms with Crippen molar-refractivity contribution in [2.45, 2.75) is 38.5 Å². The number of amides is 1. The zero-order valence-corrected chi connectivity index (χ0v) is 15.8. The fourth-order valence-corrected chi connectivity index (χ4v) is 3.50. The Balaban J connectivity index is 1.42. The highest BCUT2D eigenvalue weighted by molar-refractivity contribution is 5.78. The van der Waals surface area contributed by atoms with Gasteiger partial charge in [0.15, 0.2) is 0 Å². The number of nitrogens with one attached hydrogen (secondary N) is 1. The minimum atomic E-state index is -0.816. The van der Waals surface area contributed by atoms with Crippen LogP contribution in [0.4, 0.5) is 0 Å². The maximum atomic E-state index is 12.4. The van der Waals surface area contributed by atoms with Gasteiger partial charge in [0.2, 0.25) is 5.91 Å². The molecule has 1 aliphatic rings. The summed E-state index contributed by atoms with van der Waals surface area (Å²) in [5, 5.41) is 12.6. The molecule has 2 aromatic carbocycles. The third kappa shape index (κ3) is 6.35. The number of hydrogen-bond donors (Lipinski definition) is 1. The molecule has 0 radical (unpaired) electrons. The summed E-state index contributed by atoms with van der Waals surface area (Å²) in [5.41, 5.74) is 2.81. The van der Waals surface area contributed by atoms with Gasteiger partial charge in [-0.3, -0.25) is 9.69 Å². The molecule has 1 fully saturated rings. The molecule has 1 heterocycles. The SMILES string of the molecule is O=C(Cc1cccc(CO[N+](=O)[O-])c1)NC1CCN(Cc2ccccc2)CC1. The molecule has 7 nitrogen and oxygen atoms in total. The van der Waals surface area contributed by atoms with E-state index in [1.165, 1.54) is 5.56 Å². The second kappa shape index (κ2) is 9.85. The van der Waals surface area contributed by atoms with Gasteiger partial charge in [-0.25, -0.2) is 0 Å². The number of carbonyl (C=O) groups excluding carboxylic acids is 1. The van der Waals surface area contributed by atoms with E-state index >= 15 is 0 Å². The maximum Gasteiger partial charge on any atom is 0.294 e. The largest absolute Gasteiger partial charge is 0.353 e. The standard InChI is InChI=1S/C21H25N3O4/c25-21(14-18-7-4-8-19(13-18)16-28-24(26)27)22-20-9-11-23(12-10-20)15-17-5-2-1-3-6-17/h1-8,13,20H,9-12,14-16H2,(H,22,25). The van der Waals surface area contributed by atoms with Crippen LogP contribution in [0.3, 0.4) is 0 Å². The molecule has 148 valence electrons. The number of benzene rings is 2. The van der Waals surface area contributed by atoms with Crippen molar-refractivity contribution >= 4 is 5.91 Å². The average molecular weight is 383 g/mol. The van der Waals surface area contributed by atoms with Gasteiger partial charge in [0.05, 0.1) is 6.42 Å². The first kappa shape index (κ1) is 19.8. The Kier molecular flexibility index (Phi) is 6.97. The van der Waals surface area contributed by atoms with Crippen molar-refractivity contribution in [3.8, 4) is 0 Å². The highest BCUT2D eigenvalue weighted by Gasteiger charge is 2.20. The van der Waals surface area contributed by atoms with E-state index in [9.17, 15) is 14.9 Å². The van der Waals surface area contributed by atoms with E-state index in [-0.39, 0.29) is 25.0 Å². The van der Waals surface area contributed by atoms with Crippen LogP contribution in [-0.4, -0.2) is 35.0 Å². The number of rotatable bonds is 8. The van der Waals surface area contributed by atoms with Crippen LogP contribution in [0.5, 0.6) is 0 Å². The lowest BCUT2D eigenvalue weighted by molar-refractivity contribution is -0.763. The fraction of sp³-hybridized carbons (Fsp3) is 0.381. The second-order valence-electron chi connectivity index (χ2n) is 7.10. The number of carbonyl (C=O) groups is 1. The molecule has 1 amide bonds. The molecule has 1 N–H and O–H groups in total. The first-order valence-electron chi connectivity index (χ1n) is 9.49. The first-order chi connectivity index (χ1) is 13.6. The lowest BCUT2D eigenvalue weighted by atomic mass is 10.0. The molecule has 28 heavy (non-hydrogen) atoms. The van der Waals surface area contributed by atoms with Crippen LogP contribution in [-0.2, 0) is 29.2 Å². The molecule has 0 aromatic heterocycles. The van der Waals surface area contributed by atoms with Gasteiger partial charge < -0.3 is 10.2 Å². The summed E-state index contributed by atoms with van der Waals surface area (Å²) < 4.78 is 0. The Labute approximate surface area is 164 Å². The molecule has 3 rings (SSSR count). The Morgan fingerprint density at radius 1 is 1.07 bits per heavy atom. The third-order valence-corrected chi connectivity index (χ3v) is 4.89. The Bertz CT molecular complexity index is 789. The molecule has 0 saturated carbocycles. The van der Waals surface area contributed by atoms with Crippen molar-refractivity contribution in [1.29, 1.82) is 0 Å². The molecule has 1 aliphatic heterocycles. The van der Waals surface area contributed by atoms with E-state index in [1.807, 2.05) is 12.1 Å². The summed E-state index contributed by atoms with van der Waals surface area (Å²) in [6.07, 6.45) is 2.14. The van der Waals surface area contributed by atoms with E-state index in [0.717, 1.165) is 38.0 Å². The zero-order chi connectivity index (χ0) is 19.8. The Hall–Kier alpha value is -2.93. The van der Waals surface area contributed by atoms with Crippen LogP contribution in [0.15, 0.2) is 54.6 Å². The quantitative estimate of drug-likeness (QED) is 0.560. The molecular formula is C21H25N3O4. The van der Waals surface area contributed by atoms with Crippen molar-refractivity contribution in [3.63, 3.8) is 0 Å². The Morgan fingerprint density at radius 2 is 1.75 bits per heavy atom. The number of piperidine rings is 1. The van der Waals surface area contributed by atoms with E-state index in [0.29, 0.717) is 5.56 Å². The molecule has 0 spiro atoms. The highest BCUT2D eigenvalue weighted by atomic mass is 16.9. The van der Waals surface area contributed by atoms with Crippen molar-refractivity contribution in [2.24, 2.45) is 0 Å². The summed E-state index contributed by atoms with van der Waals surface area (Å²) in [4.78, 5) is 29.5. The van der Waals surface area contributed by atoms with Gasteiger partial charge >= 0.3 is 0 Å². The topological polar surface area (TPSA) is 84.7 Å². The van der Waals surface area contributed by atoms with Gasteiger partial charge in [-0.05, 0) is 29.5 Å². The summed E-state index contributed by atoms with van der Waals surface area (Å²) >= 11 is 0. The van der Waals surface area contributed by atoms with Gasteiger partial charge in [0, 0.05) is 25.7 Å². The molecule has 0 unspecified atom stereocenters. The van der Waals surface area contributed by atoms with Gasteiger partial charge in [-0.2, -0.15) is 0 Å². The number of nitrogens with zero attached hydrogens (tertiary/aromatic N) is 2. The minimum Gasteiger partial charge on any atom is -0.353 e. The van der Waals surface area contributed by atoms with Gasteiger partial charge in [0.1, 0.15) is 6.61 Å². The van der Waals surface area contributed by atoms with Gasteiger partial charge in [-0.1, -0.05) is 54.6 Å². The summed E-state index contributed by atoms with van der Waals surface area (Å²) in [6.45, 7) is 2.77. The van der Waals surface area contributed by atoms with Crippen LogP contribution in [0.2, 0.25) is 0 Å². The molecule has 7 heteroatoms. The summed E-state index contributed by atoms with van der Waals surface area (Å²) in [6, 6.07) is 17.7.